The van der Waals surface area contributed by atoms with Crippen LogP contribution in [0.2, 0.25) is 0 Å². The predicted molar refractivity (Wildman–Crippen MR) is 97.3 cm³/mol. The van der Waals surface area contributed by atoms with Crippen LogP contribution in [0, 0.1) is 6.92 Å². The number of thioether (sulfide) groups is 1. The molecule has 0 aliphatic rings. The van der Waals surface area contributed by atoms with Crippen molar-refractivity contribution in [3.8, 4) is 11.5 Å². The molecule has 0 aliphatic carbocycles. The van der Waals surface area contributed by atoms with Gasteiger partial charge in [0, 0.05) is 23.9 Å². The SMILES string of the molecule is CCOC(=O)c1c(C)nc(SC)nc1Nc1cc(OC)cc(OC)c1. The van der Waals surface area contributed by atoms with E-state index in [2.05, 4.69) is 15.3 Å². The second-order valence-electron chi connectivity index (χ2n) is 4.97. The minimum Gasteiger partial charge on any atom is -0.497 e. The summed E-state index contributed by atoms with van der Waals surface area (Å²) in [5, 5.41) is 3.71. The van der Waals surface area contributed by atoms with Crippen molar-refractivity contribution in [2.24, 2.45) is 0 Å². The highest BCUT2D eigenvalue weighted by atomic mass is 32.2. The number of aryl methyl sites for hydroxylation is 1. The fourth-order valence-electron chi connectivity index (χ4n) is 2.19. The van der Waals surface area contributed by atoms with E-state index in [0.29, 0.717) is 39.4 Å². The lowest BCUT2D eigenvalue weighted by atomic mass is 10.2. The van der Waals surface area contributed by atoms with Gasteiger partial charge in [0.1, 0.15) is 22.9 Å². The first-order valence-corrected chi connectivity index (χ1v) is 8.84. The van der Waals surface area contributed by atoms with E-state index in [0.717, 1.165) is 0 Å². The fraction of sp³-hybridized carbons (Fsp3) is 0.353. The zero-order valence-electron chi connectivity index (χ0n) is 14.9. The molecule has 134 valence electrons. The average Bonchev–Trinajstić information content (AvgIpc) is 2.60. The third-order valence-corrected chi connectivity index (χ3v) is 3.89. The Hall–Kier alpha value is -2.48. The van der Waals surface area contributed by atoms with Gasteiger partial charge in [0.25, 0.3) is 0 Å². The normalized spacial score (nSPS) is 10.3. The van der Waals surface area contributed by atoms with Gasteiger partial charge in [-0.25, -0.2) is 14.8 Å². The lowest BCUT2D eigenvalue weighted by Crippen LogP contribution is -2.13. The molecule has 1 aromatic carbocycles. The van der Waals surface area contributed by atoms with Crippen molar-refractivity contribution in [2.75, 3.05) is 32.4 Å². The maximum Gasteiger partial charge on any atom is 0.343 e. The summed E-state index contributed by atoms with van der Waals surface area (Å²) in [6, 6.07) is 5.33. The van der Waals surface area contributed by atoms with Crippen LogP contribution in [-0.4, -0.2) is 43.0 Å². The van der Waals surface area contributed by atoms with Crippen LogP contribution in [0.25, 0.3) is 0 Å². The van der Waals surface area contributed by atoms with E-state index < -0.39 is 5.97 Å². The van der Waals surface area contributed by atoms with Gasteiger partial charge in [-0.1, -0.05) is 11.8 Å². The molecule has 25 heavy (non-hydrogen) atoms. The molecule has 0 saturated carbocycles. The van der Waals surface area contributed by atoms with E-state index in [1.807, 2.05) is 6.26 Å². The first-order chi connectivity index (χ1) is 12.0. The lowest BCUT2D eigenvalue weighted by molar-refractivity contribution is 0.0525. The molecule has 0 atom stereocenters. The second kappa shape index (κ2) is 8.57. The molecule has 0 saturated heterocycles. The number of nitrogens with one attached hydrogen (secondary N) is 1. The summed E-state index contributed by atoms with van der Waals surface area (Å²) < 4.78 is 15.7. The van der Waals surface area contributed by atoms with Gasteiger partial charge in [-0.3, -0.25) is 0 Å². The van der Waals surface area contributed by atoms with E-state index in [1.54, 1.807) is 46.3 Å². The van der Waals surface area contributed by atoms with Gasteiger partial charge in [-0.15, -0.1) is 0 Å². The molecule has 2 aromatic rings. The Morgan fingerprint density at radius 2 is 1.80 bits per heavy atom. The number of methoxy groups -OCH3 is 2. The monoisotopic (exact) mass is 363 g/mol. The van der Waals surface area contributed by atoms with Crippen LogP contribution in [0.5, 0.6) is 11.5 Å². The molecular weight excluding hydrogens is 342 g/mol. The lowest BCUT2D eigenvalue weighted by Gasteiger charge is -2.15. The second-order valence-corrected chi connectivity index (χ2v) is 5.74. The van der Waals surface area contributed by atoms with Crippen molar-refractivity contribution in [2.45, 2.75) is 19.0 Å². The van der Waals surface area contributed by atoms with Crippen molar-refractivity contribution in [1.29, 1.82) is 0 Å². The smallest absolute Gasteiger partial charge is 0.343 e. The van der Waals surface area contributed by atoms with Gasteiger partial charge >= 0.3 is 5.97 Å². The summed E-state index contributed by atoms with van der Waals surface area (Å²) in [6.07, 6.45) is 1.87. The number of hydrogen-bond acceptors (Lipinski definition) is 8. The number of aromatic nitrogens is 2. The topological polar surface area (TPSA) is 82.6 Å². The average molecular weight is 363 g/mol. The van der Waals surface area contributed by atoms with Gasteiger partial charge in [0.2, 0.25) is 0 Å². The minimum atomic E-state index is -0.468. The molecule has 8 heteroatoms. The number of benzene rings is 1. The molecule has 1 aromatic heterocycles. The highest BCUT2D eigenvalue weighted by Crippen LogP contribution is 2.30. The number of carbonyl (C=O) groups excluding carboxylic acids is 1. The summed E-state index contributed by atoms with van der Waals surface area (Å²) >= 11 is 1.39. The van der Waals surface area contributed by atoms with E-state index in [1.165, 1.54) is 11.8 Å². The maximum atomic E-state index is 12.3. The predicted octanol–water partition coefficient (Wildman–Crippen LogP) is 3.44. The molecule has 0 unspecified atom stereocenters. The first kappa shape index (κ1) is 18.9. The Morgan fingerprint density at radius 1 is 1.16 bits per heavy atom. The minimum absolute atomic E-state index is 0.273. The number of hydrogen-bond donors (Lipinski definition) is 1. The van der Waals surface area contributed by atoms with Gasteiger partial charge in [0.05, 0.1) is 26.5 Å². The Balaban J connectivity index is 2.50. The van der Waals surface area contributed by atoms with E-state index >= 15 is 0 Å². The molecule has 0 fully saturated rings. The van der Waals surface area contributed by atoms with Gasteiger partial charge in [-0.2, -0.15) is 0 Å². The highest BCUT2D eigenvalue weighted by molar-refractivity contribution is 7.98. The van der Waals surface area contributed by atoms with Crippen LogP contribution in [-0.2, 0) is 4.74 Å². The highest BCUT2D eigenvalue weighted by Gasteiger charge is 2.20. The molecule has 0 spiro atoms. The van der Waals surface area contributed by atoms with Crippen molar-refractivity contribution >= 4 is 29.2 Å². The van der Waals surface area contributed by atoms with Crippen LogP contribution in [0.1, 0.15) is 23.0 Å². The molecule has 0 radical (unpaired) electrons. The third kappa shape index (κ3) is 4.54. The summed E-state index contributed by atoms with van der Waals surface area (Å²) in [5.74, 6) is 1.15. The zero-order chi connectivity index (χ0) is 18.4. The van der Waals surface area contributed by atoms with Crippen molar-refractivity contribution < 1.29 is 19.0 Å². The number of anilines is 2. The molecule has 7 nitrogen and oxygen atoms in total. The van der Waals surface area contributed by atoms with Gasteiger partial charge in [0.15, 0.2) is 5.16 Å². The maximum absolute atomic E-state index is 12.3. The van der Waals surface area contributed by atoms with Crippen molar-refractivity contribution in [3.05, 3.63) is 29.5 Å². The Labute approximate surface area is 151 Å². The Morgan fingerprint density at radius 3 is 2.32 bits per heavy atom. The molecule has 1 N–H and O–H groups in total. The van der Waals surface area contributed by atoms with Crippen LogP contribution in [0.15, 0.2) is 23.4 Å². The molecular formula is C17H21N3O4S. The van der Waals surface area contributed by atoms with E-state index in [-0.39, 0.29) is 6.61 Å². The van der Waals surface area contributed by atoms with Crippen molar-refractivity contribution in [1.82, 2.24) is 9.97 Å². The quantitative estimate of drug-likeness (QED) is 0.455. The van der Waals surface area contributed by atoms with E-state index in [9.17, 15) is 4.79 Å². The number of ether oxygens (including phenoxy) is 3. The summed E-state index contributed by atoms with van der Waals surface area (Å²) in [4.78, 5) is 21.1. The fourth-order valence-corrected chi connectivity index (χ4v) is 2.60. The summed E-state index contributed by atoms with van der Waals surface area (Å²) in [6.45, 7) is 3.78. The third-order valence-electron chi connectivity index (χ3n) is 3.35. The Kier molecular flexibility index (Phi) is 6.46. The Bertz CT molecular complexity index is 746. The number of esters is 1. The number of carbonyl (C=O) groups is 1. The standard InChI is InChI=1S/C17H21N3O4S/c1-6-24-16(21)14-10(2)18-17(25-5)20-15(14)19-11-7-12(22-3)9-13(8-11)23-4/h7-9H,6H2,1-5H3,(H,18,19,20). The molecule has 2 rings (SSSR count). The first-order valence-electron chi connectivity index (χ1n) is 7.62. The van der Waals surface area contributed by atoms with Crippen LogP contribution in [0.3, 0.4) is 0 Å². The zero-order valence-corrected chi connectivity index (χ0v) is 15.7. The molecule has 0 amide bonds. The van der Waals surface area contributed by atoms with Crippen molar-refractivity contribution in [3.63, 3.8) is 0 Å². The van der Waals surface area contributed by atoms with Crippen LogP contribution < -0.4 is 14.8 Å². The summed E-state index contributed by atoms with van der Waals surface area (Å²) in [5.41, 5.74) is 1.53. The van der Waals surface area contributed by atoms with Crippen LogP contribution in [0.4, 0.5) is 11.5 Å². The van der Waals surface area contributed by atoms with Gasteiger partial charge < -0.3 is 19.5 Å². The largest absolute Gasteiger partial charge is 0.497 e. The van der Waals surface area contributed by atoms with Crippen LogP contribution >= 0.6 is 11.8 Å². The number of nitrogens with zero attached hydrogens (tertiary/aromatic N) is 2. The van der Waals surface area contributed by atoms with Gasteiger partial charge in [-0.05, 0) is 20.1 Å². The molecule has 0 aliphatic heterocycles. The van der Waals surface area contributed by atoms with E-state index in [4.69, 9.17) is 14.2 Å². The molecule has 1 heterocycles. The number of rotatable bonds is 7. The molecule has 0 bridgehead atoms. The summed E-state index contributed by atoms with van der Waals surface area (Å²) in [7, 11) is 3.15.